The van der Waals surface area contributed by atoms with E-state index < -0.39 is 0 Å². The Morgan fingerprint density at radius 3 is 2.48 bits per heavy atom. The van der Waals surface area contributed by atoms with Crippen LogP contribution >= 0.6 is 0 Å². The third kappa shape index (κ3) is 2.94. The smallest absolute Gasteiger partial charge is 0.243 e. The maximum absolute atomic E-state index is 5.47. The molecule has 3 heterocycles. The highest BCUT2D eigenvalue weighted by atomic mass is 15.4. The Hall–Kier alpha value is -2.22. The molecule has 8 heteroatoms. The van der Waals surface area contributed by atoms with Crippen molar-refractivity contribution in [2.24, 2.45) is 11.3 Å². The molecule has 3 rings (SSSR count). The van der Waals surface area contributed by atoms with Gasteiger partial charge in [-0.1, -0.05) is 13.8 Å². The van der Waals surface area contributed by atoms with Crippen LogP contribution < -0.4 is 16.2 Å². The van der Waals surface area contributed by atoms with E-state index in [4.69, 9.17) is 5.84 Å². The van der Waals surface area contributed by atoms with Crippen molar-refractivity contribution in [2.75, 3.05) is 23.4 Å². The monoisotopic (exact) mass is 288 g/mol. The molecule has 1 aliphatic rings. The zero-order valence-corrected chi connectivity index (χ0v) is 12.3. The molecule has 0 spiro atoms. The second-order valence-corrected chi connectivity index (χ2v) is 6.02. The van der Waals surface area contributed by atoms with Crippen molar-refractivity contribution in [3.05, 3.63) is 18.7 Å². The molecule has 0 unspecified atom stereocenters. The van der Waals surface area contributed by atoms with Crippen LogP contribution in [0.4, 0.5) is 11.9 Å². The van der Waals surface area contributed by atoms with E-state index in [1.165, 1.54) is 0 Å². The minimum atomic E-state index is 0.355. The van der Waals surface area contributed by atoms with Crippen LogP contribution in [0.15, 0.2) is 18.7 Å². The van der Waals surface area contributed by atoms with Crippen LogP contribution in [0, 0.1) is 5.41 Å². The molecular formula is C13H20N8. The lowest BCUT2D eigenvalue weighted by Crippen LogP contribution is -2.38. The zero-order chi connectivity index (χ0) is 14.9. The summed E-state index contributed by atoms with van der Waals surface area (Å²) in [6.07, 6.45) is 7.36. The number of nitrogens with two attached hydrogens (primary N) is 1. The van der Waals surface area contributed by atoms with Gasteiger partial charge in [0.05, 0.1) is 0 Å². The molecule has 3 N–H and O–H groups in total. The Labute approximate surface area is 123 Å². The first-order chi connectivity index (χ1) is 10.1. The maximum atomic E-state index is 5.47. The van der Waals surface area contributed by atoms with Crippen molar-refractivity contribution in [1.29, 1.82) is 0 Å². The Morgan fingerprint density at radius 2 is 1.86 bits per heavy atom. The number of hydrogen-bond donors (Lipinski definition) is 2. The Morgan fingerprint density at radius 1 is 1.14 bits per heavy atom. The Kier molecular flexibility index (Phi) is 3.46. The summed E-state index contributed by atoms with van der Waals surface area (Å²) in [4.78, 5) is 19.3. The average Bonchev–Trinajstić information content (AvgIpc) is 3.01. The molecule has 0 atom stereocenters. The SMILES string of the molecule is CC1(C)CCN(c2nc(NN)nc(-n3ccnc3)n2)CC1. The molecule has 0 aromatic carbocycles. The van der Waals surface area contributed by atoms with Gasteiger partial charge in [0.15, 0.2) is 0 Å². The van der Waals surface area contributed by atoms with Crippen LogP contribution in [0.1, 0.15) is 26.7 Å². The van der Waals surface area contributed by atoms with E-state index in [0.29, 0.717) is 23.3 Å². The third-order valence-corrected chi connectivity index (χ3v) is 3.88. The van der Waals surface area contributed by atoms with Crippen LogP contribution in [-0.2, 0) is 0 Å². The average molecular weight is 288 g/mol. The summed E-state index contributed by atoms with van der Waals surface area (Å²) in [7, 11) is 0. The largest absolute Gasteiger partial charge is 0.341 e. The topological polar surface area (TPSA) is 97.8 Å². The van der Waals surface area contributed by atoms with Gasteiger partial charge in [-0.2, -0.15) is 15.0 Å². The van der Waals surface area contributed by atoms with Crippen molar-refractivity contribution >= 4 is 11.9 Å². The van der Waals surface area contributed by atoms with Crippen molar-refractivity contribution in [2.45, 2.75) is 26.7 Å². The normalized spacial score (nSPS) is 17.8. The minimum Gasteiger partial charge on any atom is -0.341 e. The van der Waals surface area contributed by atoms with Crippen molar-refractivity contribution in [3.8, 4) is 5.95 Å². The first kappa shape index (κ1) is 13.7. The van der Waals surface area contributed by atoms with Gasteiger partial charge in [0.2, 0.25) is 17.8 Å². The van der Waals surface area contributed by atoms with Gasteiger partial charge in [0, 0.05) is 25.5 Å². The van der Waals surface area contributed by atoms with E-state index in [1.807, 2.05) is 0 Å². The second-order valence-electron chi connectivity index (χ2n) is 6.02. The van der Waals surface area contributed by atoms with E-state index in [9.17, 15) is 0 Å². The van der Waals surface area contributed by atoms with Gasteiger partial charge in [0.1, 0.15) is 6.33 Å². The molecule has 1 aliphatic heterocycles. The van der Waals surface area contributed by atoms with E-state index in [1.54, 1.807) is 23.3 Å². The number of nitrogens with one attached hydrogen (secondary N) is 1. The van der Waals surface area contributed by atoms with Gasteiger partial charge in [-0.25, -0.2) is 10.8 Å². The summed E-state index contributed by atoms with van der Waals surface area (Å²) >= 11 is 0. The summed E-state index contributed by atoms with van der Waals surface area (Å²) in [6.45, 7) is 6.46. The molecule has 0 radical (unpaired) electrons. The fourth-order valence-corrected chi connectivity index (χ4v) is 2.36. The number of nitrogen functional groups attached to an aromatic ring is 1. The van der Waals surface area contributed by atoms with Crippen LogP contribution in [0.2, 0.25) is 0 Å². The number of anilines is 2. The van der Waals surface area contributed by atoms with Gasteiger partial charge in [-0.15, -0.1) is 0 Å². The molecule has 112 valence electrons. The van der Waals surface area contributed by atoms with Gasteiger partial charge in [0.25, 0.3) is 0 Å². The molecule has 0 amide bonds. The third-order valence-electron chi connectivity index (χ3n) is 3.88. The predicted octanol–water partition coefficient (Wildman–Crippen LogP) is 0.969. The quantitative estimate of drug-likeness (QED) is 0.641. The molecule has 0 aliphatic carbocycles. The lowest BCUT2D eigenvalue weighted by atomic mass is 9.83. The first-order valence-electron chi connectivity index (χ1n) is 7.03. The lowest BCUT2D eigenvalue weighted by Gasteiger charge is -2.36. The lowest BCUT2D eigenvalue weighted by molar-refractivity contribution is 0.278. The molecule has 8 nitrogen and oxygen atoms in total. The number of rotatable bonds is 3. The Balaban J connectivity index is 1.90. The Bertz CT molecular complexity index is 597. The number of hydrogen-bond acceptors (Lipinski definition) is 7. The summed E-state index contributed by atoms with van der Waals surface area (Å²) in [6, 6.07) is 0. The van der Waals surface area contributed by atoms with Gasteiger partial charge < -0.3 is 4.90 Å². The van der Waals surface area contributed by atoms with Crippen molar-refractivity contribution in [3.63, 3.8) is 0 Å². The highest BCUT2D eigenvalue weighted by molar-refractivity contribution is 5.40. The van der Waals surface area contributed by atoms with E-state index in [2.05, 4.69) is 44.1 Å². The second kappa shape index (κ2) is 5.28. The fraction of sp³-hybridized carbons (Fsp3) is 0.538. The molecule has 2 aromatic rings. The highest BCUT2D eigenvalue weighted by Crippen LogP contribution is 2.31. The fourth-order valence-electron chi connectivity index (χ4n) is 2.36. The number of aromatic nitrogens is 5. The van der Waals surface area contributed by atoms with Gasteiger partial charge in [-0.3, -0.25) is 9.99 Å². The van der Waals surface area contributed by atoms with E-state index >= 15 is 0 Å². The molecule has 0 bridgehead atoms. The highest BCUT2D eigenvalue weighted by Gasteiger charge is 2.27. The summed E-state index contributed by atoms with van der Waals surface area (Å²) < 4.78 is 1.74. The maximum Gasteiger partial charge on any atom is 0.243 e. The number of hydrazine groups is 1. The van der Waals surface area contributed by atoms with Crippen molar-refractivity contribution < 1.29 is 0 Å². The van der Waals surface area contributed by atoms with Crippen LogP contribution in [0.3, 0.4) is 0 Å². The first-order valence-corrected chi connectivity index (χ1v) is 7.03. The van der Waals surface area contributed by atoms with Crippen molar-refractivity contribution in [1.82, 2.24) is 24.5 Å². The molecule has 1 saturated heterocycles. The molecular weight excluding hydrogens is 268 g/mol. The molecule has 2 aromatic heterocycles. The molecule has 0 saturated carbocycles. The van der Waals surface area contributed by atoms with E-state index in [0.717, 1.165) is 25.9 Å². The summed E-state index contributed by atoms with van der Waals surface area (Å²) in [5, 5.41) is 0. The summed E-state index contributed by atoms with van der Waals surface area (Å²) in [5.74, 6) is 6.98. The summed E-state index contributed by atoms with van der Waals surface area (Å²) in [5.41, 5.74) is 2.88. The standard InChI is InChI=1S/C13H20N8/c1-13(2)3-6-20(7-4-13)11-16-10(19-14)17-12(18-11)21-8-5-15-9-21/h5,8-9H,3-4,6-7,14H2,1-2H3,(H,16,17,18,19). The minimum absolute atomic E-state index is 0.355. The predicted molar refractivity (Wildman–Crippen MR) is 80.0 cm³/mol. The zero-order valence-electron chi connectivity index (χ0n) is 12.3. The van der Waals surface area contributed by atoms with E-state index in [-0.39, 0.29) is 0 Å². The molecule has 21 heavy (non-hydrogen) atoms. The number of imidazole rings is 1. The molecule has 1 fully saturated rings. The van der Waals surface area contributed by atoms with Gasteiger partial charge >= 0.3 is 0 Å². The van der Waals surface area contributed by atoms with Gasteiger partial charge in [-0.05, 0) is 18.3 Å². The number of nitrogens with zero attached hydrogens (tertiary/aromatic N) is 6. The number of piperidine rings is 1. The van der Waals surface area contributed by atoms with Crippen LogP contribution in [0.25, 0.3) is 5.95 Å². The van der Waals surface area contributed by atoms with Crippen LogP contribution in [-0.4, -0.2) is 37.6 Å². The van der Waals surface area contributed by atoms with Crippen LogP contribution in [0.5, 0.6) is 0 Å².